The highest BCUT2D eigenvalue weighted by molar-refractivity contribution is 7.82. The topological polar surface area (TPSA) is 66.6 Å². The van der Waals surface area contributed by atoms with Crippen molar-refractivity contribution in [2.24, 2.45) is 5.73 Å². The van der Waals surface area contributed by atoms with E-state index in [0.717, 1.165) is 6.42 Å². The van der Waals surface area contributed by atoms with Gasteiger partial charge in [0.05, 0.1) is 0 Å². The first-order valence-electron chi connectivity index (χ1n) is 5.03. The minimum Gasteiger partial charge on any atom is -0.480 e. The van der Waals surface area contributed by atoms with E-state index in [2.05, 4.69) is 12.6 Å². The van der Waals surface area contributed by atoms with Crippen LogP contribution in [-0.2, 0) is 4.79 Å². The molecule has 0 spiro atoms. The number of rotatable bonds is 6. The van der Waals surface area contributed by atoms with Crippen molar-refractivity contribution in [3.63, 3.8) is 0 Å². The molecule has 0 aromatic heterocycles. The predicted molar refractivity (Wildman–Crippen MR) is 65.4 cm³/mol. The average Bonchev–Trinajstić information content (AvgIpc) is 2.12. The number of carboxylic acid groups (broad SMARTS) is 1. The van der Waals surface area contributed by atoms with Crippen LogP contribution < -0.4 is 5.73 Å². The Balaban J connectivity index is 4.98. The van der Waals surface area contributed by atoms with E-state index < -0.39 is 16.3 Å². The van der Waals surface area contributed by atoms with Crippen LogP contribution in [0.15, 0.2) is 0 Å². The van der Waals surface area contributed by atoms with E-state index in [1.807, 2.05) is 6.92 Å². The van der Waals surface area contributed by atoms with Crippen molar-refractivity contribution in [3.8, 4) is 0 Å². The highest BCUT2D eigenvalue weighted by Crippen LogP contribution is 2.36. The number of nitrogens with two attached hydrogens (primary N) is 1. The maximum Gasteiger partial charge on any atom is 0.325 e. The molecule has 0 aliphatic carbocycles. The molecule has 5 heteroatoms. The van der Waals surface area contributed by atoms with Gasteiger partial charge in [-0.3, -0.25) is 9.69 Å². The molecular formula is C10H22N2O2S. The lowest BCUT2D eigenvalue weighted by Crippen LogP contribution is -2.61. The number of nitrogens with zero attached hydrogens (tertiary/aromatic N) is 1. The summed E-state index contributed by atoms with van der Waals surface area (Å²) in [5.41, 5.74) is 4.44. The van der Waals surface area contributed by atoms with Gasteiger partial charge in [-0.2, -0.15) is 12.6 Å². The van der Waals surface area contributed by atoms with Crippen LogP contribution in [0.1, 0.15) is 26.7 Å². The van der Waals surface area contributed by atoms with Crippen molar-refractivity contribution in [1.82, 2.24) is 4.90 Å². The van der Waals surface area contributed by atoms with Crippen LogP contribution in [0.5, 0.6) is 0 Å². The lowest BCUT2D eigenvalue weighted by atomic mass is 9.81. The third-order valence-electron chi connectivity index (χ3n) is 3.23. The van der Waals surface area contributed by atoms with Gasteiger partial charge in [0.1, 0.15) is 5.54 Å². The zero-order valence-corrected chi connectivity index (χ0v) is 10.8. The minimum atomic E-state index is -0.995. The van der Waals surface area contributed by atoms with E-state index in [4.69, 9.17) is 5.73 Å². The van der Waals surface area contributed by atoms with Crippen LogP contribution in [0.25, 0.3) is 0 Å². The molecule has 0 radical (unpaired) electrons. The summed E-state index contributed by atoms with van der Waals surface area (Å²) >= 11 is 4.50. The second kappa shape index (κ2) is 5.18. The molecule has 0 aromatic rings. The minimum absolute atomic E-state index is 0.555. The fourth-order valence-corrected chi connectivity index (χ4v) is 2.05. The van der Waals surface area contributed by atoms with E-state index in [1.165, 1.54) is 0 Å². The fourth-order valence-electron chi connectivity index (χ4n) is 1.59. The normalized spacial score (nSPS) is 19.7. The van der Waals surface area contributed by atoms with Crippen LogP contribution in [-0.4, -0.2) is 46.9 Å². The first-order chi connectivity index (χ1) is 6.70. The zero-order chi connectivity index (χ0) is 12.3. The van der Waals surface area contributed by atoms with E-state index in [0.29, 0.717) is 13.0 Å². The summed E-state index contributed by atoms with van der Waals surface area (Å²) in [5, 5.41) is 9.32. The van der Waals surface area contributed by atoms with Crippen molar-refractivity contribution < 1.29 is 9.90 Å². The Morgan fingerprint density at radius 1 is 1.47 bits per heavy atom. The number of hydrogen-bond donors (Lipinski definition) is 3. The standard InChI is InChI=1S/C10H22N2O2S/c1-9(15,6-5-7-11)10(2,8(13)14)12(3)4/h15H,5-7,11H2,1-4H3,(H,13,14). The third kappa shape index (κ3) is 2.86. The molecule has 2 unspecified atom stereocenters. The van der Waals surface area contributed by atoms with Crippen molar-refractivity contribution in [1.29, 1.82) is 0 Å². The Morgan fingerprint density at radius 2 is 1.93 bits per heavy atom. The van der Waals surface area contributed by atoms with Gasteiger partial charge in [-0.15, -0.1) is 0 Å². The molecule has 0 saturated carbocycles. The SMILES string of the molecule is CN(C)C(C)(C(=O)O)C(C)(S)CCCN. The number of hydrogen-bond acceptors (Lipinski definition) is 4. The molecule has 15 heavy (non-hydrogen) atoms. The van der Waals surface area contributed by atoms with Gasteiger partial charge in [0.15, 0.2) is 0 Å². The fraction of sp³-hybridized carbons (Fsp3) is 0.900. The maximum atomic E-state index is 11.4. The number of aliphatic carboxylic acids is 1. The van der Waals surface area contributed by atoms with E-state index in [9.17, 15) is 9.90 Å². The van der Waals surface area contributed by atoms with Gasteiger partial charge >= 0.3 is 5.97 Å². The first-order valence-corrected chi connectivity index (χ1v) is 5.48. The average molecular weight is 234 g/mol. The molecule has 2 atom stereocenters. The van der Waals surface area contributed by atoms with Gasteiger partial charge < -0.3 is 10.8 Å². The number of carboxylic acids is 1. The van der Waals surface area contributed by atoms with E-state index >= 15 is 0 Å². The largest absolute Gasteiger partial charge is 0.480 e. The summed E-state index contributed by atoms with van der Waals surface area (Å²) in [6.07, 6.45) is 1.45. The van der Waals surface area contributed by atoms with Gasteiger partial charge in [0.2, 0.25) is 0 Å². The summed E-state index contributed by atoms with van der Waals surface area (Å²) in [4.78, 5) is 13.0. The van der Waals surface area contributed by atoms with Crippen molar-refractivity contribution in [2.45, 2.75) is 37.0 Å². The zero-order valence-electron chi connectivity index (χ0n) is 9.95. The first kappa shape index (κ1) is 14.7. The Bertz CT molecular complexity index is 231. The second-order valence-corrected chi connectivity index (χ2v) is 5.42. The lowest BCUT2D eigenvalue weighted by Gasteiger charge is -2.44. The second-order valence-electron chi connectivity index (χ2n) is 4.44. The van der Waals surface area contributed by atoms with Crippen molar-refractivity contribution in [2.75, 3.05) is 20.6 Å². The smallest absolute Gasteiger partial charge is 0.325 e. The Hall–Kier alpha value is -0.260. The van der Waals surface area contributed by atoms with Crippen LogP contribution in [0.4, 0.5) is 0 Å². The van der Waals surface area contributed by atoms with Crippen LogP contribution in [0, 0.1) is 0 Å². The van der Waals surface area contributed by atoms with Gasteiger partial charge in [-0.25, -0.2) is 0 Å². The Labute approximate surface area is 97.2 Å². The molecule has 4 nitrogen and oxygen atoms in total. The van der Waals surface area contributed by atoms with Crippen molar-refractivity contribution >= 4 is 18.6 Å². The maximum absolute atomic E-state index is 11.4. The van der Waals surface area contributed by atoms with E-state index in [1.54, 1.807) is 25.9 Å². The van der Waals surface area contributed by atoms with Crippen molar-refractivity contribution in [3.05, 3.63) is 0 Å². The van der Waals surface area contributed by atoms with Gasteiger partial charge in [-0.05, 0) is 47.3 Å². The summed E-state index contributed by atoms with van der Waals surface area (Å²) in [7, 11) is 3.51. The molecule has 90 valence electrons. The molecule has 0 amide bonds. The molecule has 0 aromatic carbocycles. The molecule has 0 fully saturated rings. The molecular weight excluding hydrogens is 212 g/mol. The monoisotopic (exact) mass is 234 g/mol. The number of likely N-dealkylation sites (N-methyl/N-ethyl adjacent to an activating group) is 1. The van der Waals surface area contributed by atoms with Crippen LogP contribution >= 0.6 is 12.6 Å². The Kier molecular flexibility index (Phi) is 5.09. The predicted octanol–water partition coefficient (Wildman–Crippen LogP) is 0.819. The lowest BCUT2D eigenvalue weighted by molar-refractivity contribution is -0.150. The molecule has 0 heterocycles. The molecule has 0 rings (SSSR count). The molecule has 0 bridgehead atoms. The van der Waals surface area contributed by atoms with Gasteiger partial charge in [0.25, 0.3) is 0 Å². The van der Waals surface area contributed by atoms with Crippen LogP contribution in [0.3, 0.4) is 0 Å². The molecule has 3 N–H and O–H groups in total. The summed E-state index contributed by atoms with van der Waals surface area (Å²) < 4.78 is -0.609. The molecule has 0 aliphatic rings. The van der Waals surface area contributed by atoms with Gasteiger partial charge in [-0.1, -0.05) is 0 Å². The van der Waals surface area contributed by atoms with Gasteiger partial charge in [0, 0.05) is 4.75 Å². The number of carbonyl (C=O) groups is 1. The summed E-state index contributed by atoms with van der Waals surface area (Å²) in [6.45, 7) is 4.10. The summed E-state index contributed by atoms with van der Waals surface area (Å²) in [6, 6.07) is 0. The molecule has 0 saturated heterocycles. The third-order valence-corrected chi connectivity index (χ3v) is 3.89. The Morgan fingerprint density at radius 3 is 2.20 bits per heavy atom. The highest BCUT2D eigenvalue weighted by Gasteiger charge is 2.49. The van der Waals surface area contributed by atoms with Crippen LogP contribution in [0.2, 0.25) is 0 Å². The van der Waals surface area contributed by atoms with E-state index in [-0.39, 0.29) is 0 Å². The quantitative estimate of drug-likeness (QED) is 0.595. The molecule has 0 aliphatic heterocycles. The number of thiol groups is 1. The highest BCUT2D eigenvalue weighted by atomic mass is 32.1. The summed E-state index contributed by atoms with van der Waals surface area (Å²) in [5.74, 6) is -0.859.